The summed E-state index contributed by atoms with van der Waals surface area (Å²) >= 11 is 0. The summed E-state index contributed by atoms with van der Waals surface area (Å²) in [5.74, 6) is -0.643. The molecule has 1 saturated carbocycles. The summed E-state index contributed by atoms with van der Waals surface area (Å²) in [5.41, 5.74) is -0.673. The summed E-state index contributed by atoms with van der Waals surface area (Å²) in [6.07, 6.45) is 4.02. The molecule has 2 aliphatic heterocycles. The van der Waals surface area contributed by atoms with Crippen LogP contribution in [0.25, 0.3) is 0 Å². The highest BCUT2D eigenvalue weighted by atomic mass is 16.5. The van der Waals surface area contributed by atoms with Gasteiger partial charge >= 0.3 is 0 Å². The van der Waals surface area contributed by atoms with Crippen LogP contribution in [0.15, 0.2) is 24.3 Å². The average Bonchev–Trinajstić information content (AvgIpc) is 2.97. The SMILES string of the molecule is CCN1CCN(C(=O)[C@@H]2CCC(=O)NC3(CCCCC3)C(=O)N[C@H](C(C)C)COc3ccccc3C(=O)N2)CC1. The first kappa shape index (κ1) is 29.8. The highest BCUT2D eigenvalue weighted by Gasteiger charge is 2.42. The first-order valence-electron chi connectivity index (χ1n) is 14.9. The van der Waals surface area contributed by atoms with Gasteiger partial charge in [0.25, 0.3) is 5.91 Å². The minimum Gasteiger partial charge on any atom is -0.491 e. The van der Waals surface area contributed by atoms with Crippen molar-refractivity contribution in [3.8, 4) is 5.75 Å². The van der Waals surface area contributed by atoms with Crippen molar-refractivity contribution in [3.63, 3.8) is 0 Å². The van der Waals surface area contributed by atoms with Crippen LogP contribution in [0.3, 0.4) is 0 Å². The number of piperazine rings is 1. The van der Waals surface area contributed by atoms with Crippen LogP contribution < -0.4 is 20.7 Å². The molecule has 10 heteroatoms. The van der Waals surface area contributed by atoms with Crippen LogP contribution in [0.4, 0.5) is 0 Å². The molecule has 2 atom stereocenters. The molecule has 10 nitrogen and oxygen atoms in total. The van der Waals surface area contributed by atoms with Gasteiger partial charge in [-0.1, -0.05) is 52.2 Å². The molecule has 0 bridgehead atoms. The van der Waals surface area contributed by atoms with E-state index in [-0.39, 0.29) is 49.1 Å². The number of nitrogens with one attached hydrogen (secondary N) is 3. The Labute approximate surface area is 237 Å². The summed E-state index contributed by atoms with van der Waals surface area (Å²) in [5, 5.41) is 9.11. The van der Waals surface area contributed by atoms with E-state index in [0.29, 0.717) is 37.2 Å². The lowest BCUT2D eigenvalue weighted by Crippen LogP contribution is -2.62. The van der Waals surface area contributed by atoms with Crippen molar-refractivity contribution in [1.82, 2.24) is 25.8 Å². The zero-order valence-corrected chi connectivity index (χ0v) is 24.2. The van der Waals surface area contributed by atoms with Crippen LogP contribution in [0, 0.1) is 5.92 Å². The fourth-order valence-electron chi connectivity index (χ4n) is 5.83. The van der Waals surface area contributed by atoms with Crippen LogP contribution in [0.1, 0.15) is 76.1 Å². The van der Waals surface area contributed by atoms with Gasteiger partial charge in [0.15, 0.2) is 0 Å². The predicted octanol–water partition coefficient (Wildman–Crippen LogP) is 2.08. The number of ether oxygens (including phenoxy) is 1. The number of carbonyl (C=O) groups excluding carboxylic acids is 4. The molecule has 1 spiro atoms. The number of rotatable bonds is 3. The highest BCUT2D eigenvalue weighted by molar-refractivity contribution is 6.00. The molecular formula is C30H45N5O5. The van der Waals surface area contributed by atoms with Gasteiger partial charge in [0.05, 0.1) is 11.6 Å². The van der Waals surface area contributed by atoms with Crippen molar-refractivity contribution < 1.29 is 23.9 Å². The van der Waals surface area contributed by atoms with Gasteiger partial charge in [0.2, 0.25) is 17.7 Å². The second-order valence-electron chi connectivity index (χ2n) is 11.6. The monoisotopic (exact) mass is 555 g/mol. The summed E-state index contributed by atoms with van der Waals surface area (Å²) in [7, 11) is 0. The number of fused-ring (bicyclic) bond motifs is 1. The Bertz CT molecular complexity index is 1060. The number of likely N-dealkylation sites (N-methyl/N-ethyl adjacent to an activating group) is 1. The van der Waals surface area contributed by atoms with E-state index in [4.69, 9.17) is 4.74 Å². The maximum Gasteiger partial charge on any atom is 0.255 e. The summed E-state index contributed by atoms with van der Waals surface area (Å²) in [6, 6.07) is 5.74. The van der Waals surface area contributed by atoms with Gasteiger partial charge in [-0.3, -0.25) is 19.2 Å². The van der Waals surface area contributed by atoms with Crippen molar-refractivity contribution in [2.45, 2.75) is 83.3 Å². The largest absolute Gasteiger partial charge is 0.491 e. The Morgan fingerprint density at radius 1 is 1.02 bits per heavy atom. The molecule has 0 aromatic heterocycles. The molecule has 3 aliphatic rings. The van der Waals surface area contributed by atoms with Gasteiger partial charge in [-0.2, -0.15) is 0 Å². The van der Waals surface area contributed by atoms with E-state index < -0.39 is 17.5 Å². The molecule has 1 aromatic carbocycles. The Kier molecular flexibility index (Phi) is 10.1. The lowest BCUT2D eigenvalue weighted by molar-refractivity contribution is -0.137. The Morgan fingerprint density at radius 2 is 1.73 bits per heavy atom. The second-order valence-corrected chi connectivity index (χ2v) is 11.6. The zero-order chi connectivity index (χ0) is 28.7. The molecule has 220 valence electrons. The minimum absolute atomic E-state index is 0.0202. The fraction of sp³-hybridized carbons (Fsp3) is 0.667. The number of hydrogen-bond acceptors (Lipinski definition) is 6. The Morgan fingerprint density at radius 3 is 2.40 bits per heavy atom. The quantitative estimate of drug-likeness (QED) is 0.526. The fourth-order valence-corrected chi connectivity index (χ4v) is 5.83. The topological polar surface area (TPSA) is 120 Å². The van der Waals surface area contributed by atoms with Crippen molar-refractivity contribution in [3.05, 3.63) is 29.8 Å². The van der Waals surface area contributed by atoms with Crippen molar-refractivity contribution in [2.24, 2.45) is 5.92 Å². The van der Waals surface area contributed by atoms with E-state index in [1.165, 1.54) is 0 Å². The lowest BCUT2D eigenvalue weighted by atomic mass is 9.80. The number of benzene rings is 1. The van der Waals surface area contributed by atoms with Gasteiger partial charge in [0.1, 0.15) is 23.9 Å². The van der Waals surface area contributed by atoms with E-state index in [9.17, 15) is 19.2 Å². The predicted molar refractivity (Wildman–Crippen MR) is 152 cm³/mol. The van der Waals surface area contributed by atoms with Crippen LogP contribution in [-0.2, 0) is 14.4 Å². The van der Waals surface area contributed by atoms with E-state index in [1.807, 2.05) is 13.8 Å². The van der Waals surface area contributed by atoms with Crippen molar-refractivity contribution >= 4 is 23.6 Å². The molecule has 4 amide bonds. The third-order valence-corrected chi connectivity index (χ3v) is 8.59. The molecule has 2 fully saturated rings. The molecule has 4 rings (SSSR count). The lowest BCUT2D eigenvalue weighted by Gasteiger charge is -2.38. The summed E-state index contributed by atoms with van der Waals surface area (Å²) in [4.78, 5) is 58.2. The second kappa shape index (κ2) is 13.5. The maximum atomic E-state index is 13.7. The number of para-hydroxylation sites is 1. The third kappa shape index (κ3) is 7.13. The van der Waals surface area contributed by atoms with E-state index in [0.717, 1.165) is 38.9 Å². The summed E-state index contributed by atoms with van der Waals surface area (Å²) < 4.78 is 6.13. The maximum absolute atomic E-state index is 13.7. The molecule has 0 radical (unpaired) electrons. The number of hydrogen-bond donors (Lipinski definition) is 3. The van der Waals surface area contributed by atoms with Crippen LogP contribution >= 0.6 is 0 Å². The van der Waals surface area contributed by atoms with E-state index in [2.05, 4.69) is 27.8 Å². The van der Waals surface area contributed by atoms with Crippen molar-refractivity contribution in [2.75, 3.05) is 39.3 Å². The van der Waals surface area contributed by atoms with Crippen molar-refractivity contribution in [1.29, 1.82) is 0 Å². The first-order chi connectivity index (χ1) is 19.2. The minimum atomic E-state index is -0.986. The van der Waals surface area contributed by atoms with Gasteiger partial charge in [0, 0.05) is 32.6 Å². The summed E-state index contributed by atoms with van der Waals surface area (Å²) in [6.45, 7) is 9.89. The van der Waals surface area contributed by atoms with Gasteiger partial charge in [-0.05, 0) is 43.9 Å². The van der Waals surface area contributed by atoms with Gasteiger partial charge in [-0.25, -0.2) is 0 Å². The molecular weight excluding hydrogens is 510 g/mol. The molecule has 1 saturated heterocycles. The van der Waals surface area contributed by atoms with E-state index in [1.54, 1.807) is 29.2 Å². The van der Waals surface area contributed by atoms with Gasteiger partial charge < -0.3 is 30.5 Å². The number of carbonyl (C=O) groups is 4. The smallest absolute Gasteiger partial charge is 0.255 e. The molecule has 40 heavy (non-hydrogen) atoms. The third-order valence-electron chi connectivity index (χ3n) is 8.59. The van der Waals surface area contributed by atoms with Crippen LogP contribution in [0.5, 0.6) is 5.75 Å². The Balaban J connectivity index is 1.63. The zero-order valence-electron chi connectivity index (χ0n) is 24.2. The average molecular weight is 556 g/mol. The Hall–Kier alpha value is -3.14. The highest BCUT2D eigenvalue weighted by Crippen LogP contribution is 2.29. The van der Waals surface area contributed by atoms with Gasteiger partial charge in [-0.15, -0.1) is 0 Å². The standard InChI is InChI=1S/C30H45N5O5/c1-4-34-16-18-35(19-17-34)28(38)23-12-13-26(36)33-30(14-8-5-9-15-30)29(39)32-24(21(2)3)20-40-25-11-7-6-10-22(25)27(37)31-23/h6-7,10-11,21,23-24H,4-5,8-9,12-20H2,1-3H3,(H,31,37)(H,32,39)(H,33,36)/t23-,24-/m0/s1. The molecule has 0 unspecified atom stereocenters. The van der Waals surface area contributed by atoms with Crippen LogP contribution in [-0.4, -0.2) is 90.4 Å². The molecule has 1 aromatic rings. The van der Waals surface area contributed by atoms with E-state index >= 15 is 0 Å². The van der Waals surface area contributed by atoms with Crippen LogP contribution in [0.2, 0.25) is 0 Å². The molecule has 1 aliphatic carbocycles. The molecule has 3 N–H and O–H groups in total. The molecule has 2 heterocycles. The number of nitrogens with zero attached hydrogens (tertiary/aromatic N) is 2. The first-order valence-corrected chi connectivity index (χ1v) is 14.9. The number of amides is 4. The normalized spacial score (nSPS) is 25.1.